The van der Waals surface area contributed by atoms with Gasteiger partial charge in [0.2, 0.25) is 0 Å². The molecule has 0 aliphatic carbocycles. The van der Waals surface area contributed by atoms with Gasteiger partial charge in [0.1, 0.15) is 0 Å². The molecule has 0 saturated heterocycles. The fourth-order valence-electron chi connectivity index (χ4n) is 5.48. The first-order chi connectivity index (χ1) is 24.4. The molecule has 0 radical (unpaired) electrons. The van der Waals surface area contributed by atoms with E-state index in [0.29, 0.717) is 6.61 Å². The van der Waals surface area contributed by atoms with Crippen LogP contribution in [0.15, 0.2) is 61.1 Å². The lowest BCUT2D eigenvalue weighted by Crippen LogP contribution is -2.23. The van der Waals surface area contributed by atoms with Gasteiger partial charge in [0, 0.05) is 36.6 Å². The molecule has 1 atom stereocenters. The molecular weight excluding hydrogens is 641 g/mol. The summed E-state index contributed by atoms with van der Waals surface area (Å²) in [5.41, 5.74) is 1.17. The van der Waals surface area contributed by atoms with Gasteiger partial charge in [-0.25, -0.2) is 4.98 Å². The van der Waals surface area contributed by atoms with Crippen LogP contribution >= 0.6 is 21.6 Å². The van der Waals surface area contributed by atoms with Crippen LogP contribution < -0.4 is 0 Å². The lowest BCUT2D eigenvalue weighted by Gasteiger charge is -2.18. The van der Waals surface area contributed by atoms with Crippen molar-refractivity contribution in [3.05, 3.63) is 66.8 Å². The van der Waals surface area contributed by atoms with Crippen LogP contribution in [0.2, 0.25) is 0 Å². The van der Waals surface area contributed by atoms with Crippen molar-refractivity contribution in [1.29, 1.82) is 0 Å². The summed E-state index contributed by atoms with van der Waals surface area (Å²) < 4.78 is 12.4. The van der Waals surface area contributed by atoms with Gasteiger partial charge in [-0.2, -0.15) is 0 Å². The summed E-state index contributed by atoms with van der Waals surface area (Å²) in [7, 11) is 3.75. The Hall–Kier alpha value is -1.21. The maximum Gasteiger partial charge on any atom is 0.0921 e. The predicted octanol–water partition coefficient (Wildman–Crippen LogP) is 14.3. The van der Waals surface area contributed by atoms with Crippen LogP contribution in [-0.2, 0) is 15.2 Å². The minimum absolute atomic E-state index is 0.168. The molecule has 0 fully saturated rings. The standard InChI is InChI=1S/C43H76N2O2S2/c1-3-5-7-9-11-13-15-17-19-21-23-25-27-29-31-33-35-46-38-43(40-49-48-39-42-37-44-41-45-42)47-36-34-32-30-28-26-24-22-20-18-16-14-12-10-8-6-4-2/h11-14,17-20,37,41,43H,3-10,15-16,21-36,38-40H2,1-2H3,(H,44,45)/b13-11-,14-12-,19-17-,20-18-. The first kappa shape index (κ1) is 45.8. The van der Waals surface area contributed by atoms with Gasteiger partial charge in [0.05, 0.1) is 19.0 Å². The molecule has 0 aromatic carbocycles. The zero-order valence-electron chi connectivity index (χ0n) is 31.9. The van der Waals surface area contributed by atoms with Crippen LogP contribution in [0, 0.1) is 0 Å². The summed E-state index contributed by atoms with van der Waals surface area (Å²) >= 11 is 0. The van der Waals surface area contributed by atoms with E-state index in [-0.39, 0.29) is 6.10 Å². The van der Waals surface area contributed by atoms with Gasteiger partial charge < -0.3 is 14.5 Å². The number of rotatable bonds is 38. The van der Waals surface area contributed by atoms with Gasteiger partial charge in [-0.15, -0.1) is 0 Å². The van der Waals surface area contributed by atoms with Crippen molar-refractivity contribution in [3.63, 3.8) is 0 Å². The number of imidazole rings is 1. The topological polar surface area (TPSA) is 47.1 Å². The Bertz CT molecular complexity index is 884. The Morgan fingerprint density at radius 1 is 0.592 bits per heavy atom. The minimum atomic E-state index is 0.168. The van der Waals surface area contributed by atoms with E-state index >= 15 is 0 Å². The molecule has 1 aromatic heterocycles. The minimum Gasteiger partial charge on any atom is -0.379 e. The largest absolute Gasteiger partial charge is 0.379 e. The number of aromatic nitrogens is 2. The van der Waals surface area contributed by atoms with Gasteiger partial charge in [0.15, 0.2) is 0 Å². The molecule has 0 spiro atoms. The first-order valence-corrected chi connectivity index (χ1v) is 22.9. The molecule has 0 aliphatic heterocycles. The van der Waals surface area contributed by atoms with E-state index in [2.05, 4.69) is 72.4 Å². The number of unbranched alkanes of at least 4 members (excludes halogenated alkanes) is 18. The molecule has 1 unspecified atom stereocenters. The van der Waals surface area contributed by atoms with E-state index in [9.17, 15) is 0 Å². The van der Waals surface area contributed by atoms with Crippen LogP contribution in [0.3, 0.4) is 0 Å². The molecular formula is C43H76N2O2S2. The summed E-state index contributed by atoms with van der Waals surface area (Å²) in [6.45, 7) is 6.94. The number of H-pyrrole nitrogens is 1. The van der Waals surface area contributed by atoms with E-state index in [4.69, 9.17) is 9.47 Å². The highest BCUT2D eigenvalue weighted by Gasteiger charge is 2.11. The van der Waals surface area contributed by atoms with E-state index in [0.717, 1.165) is 50.4 Å². The number of aromatic amines is 1. The Balaban J connectivity index is 2.05. The van der Waals surface area contributed by atoms with E-state index in [1.54, 1.807) is 6.33 Å². The second kappa shape index (κ2) is 39.6. The fourth-order valence-corrected chi connectivity index (χ4v) is 7.67. The third-order valence-electron chi connectivity index (χ3n) is 8.60. The van der Waals surface area contributed by atoms with Crippen LogP contribution in [0.4, 0.5) is 0 Å². The van der Waals surface area contributed by atoms with Gasteiger partial charge in [-0.05, 0) is 77.0 Å². The molecule has 282 valence electrons. The Morgan fingerprint density at radius 3 is 1.59 bits per heavy atom. The predicted molar refractivity (Wildman–Crippen MR) is 222 cm³/mol. The second-order valence-electron chi connectivity index (χ2n) is 13.4. The van der Waals surface area contributed by atoms with Crippen molar-refractivity contribution < 1.29 is 9.47 Å². The Kier molecular flexibility index (Phi) is 37.0. The van der Waals surface area contributed by atoms with Crippen molar-refractivity contribution >= 4 is 21.6 Å². The Morgan fingerprint density at radius 2 is 1.08 bits per heavy atom. The SMILES string of the molecule is CCCCC/C=C\C/C=C\CCCCCCCCOCC(CSSCc1cnc[nH]1)OCCCCCCCC/C=C\C/C=C\CCCCC. The van der Waals surface area contributed by atoms with Crippen LogP contribution in [0.1, 0.15) is 174 Å². The van der Waals surface area contributed by atoms with Gasteiger partial charge in [-0.1, -0.05) is 161 Å². The number of nitrogens with zero attached hydrogens (tertiary/aromatic N) is 1. The average molecular weight is 717 g/mol. The smallest absolute Gasteiger partial charge is 0.0921 e. The first-order valence-electron chi connectivity index (χ1n) is 20.4. The number of hydrogen-bond donors (Lipinski definition) is 1. The van der Waals surface area contributed by atoms with Gasteiger partial charge in [0.25, 0.3) is 0 Å². The van der Waals surface area contributed by atoms with E-state index in [1.807, 2.05) is 27.8 Å². The summed E-state index contributed by atoms with van der Waals surface area (Å²) in [5, 5.41) is 0. The van der Waals surface area contributed by atoms with Crippen LogP contribution in [-0.4, -0.2) is 41.6 Å². The molecule has 1 rings (SSSR count). The molecule has 1 heterocycles. The maximum absolute atomic E-state index is 6.33. The van der Waals surface area contributed by atoms with E-state index < -0.39 is 0 Å². The lowest BCUT2D eigenvalue weighted by atomic mass is 10.1. The molecule has 4 nitrogen and oxygen atoms in total. The summed E-state index contributed by atoms with van der Waals surface area (Å²) in [6, 6.07) is 0. The van der Waals surface area contributed by atoms with Crippen molar-refractivity contribution in [2.24, 2.45) is 0 Å². The molecule has 1 aromatic rings. The normalized spacial score (nSPS) is 12.9. The highest BCUT2D eigenvalue weighted by atomic mass is 33.1. The lowest BCUT2D eigenvalue weighted by molar-refractivity contribution is -0.00609. The zero-order chi connectivity index (χ0) is 35.0. The zero-order valence-corrected chi connectivity index (χ0v) is 33.6. The number of allylic oxidation sites excluding steroid dienone is 8. The summed E-state index contributed by atoms with van der Waals surface area (Å²) in [4.78, 5) is 7.31. The van der Waals surface area contributed by atoms with Gasteiger partial charge in [-0.3, -0.25) is 0 Å². The number of nitrogens with one attached hydrogen (secondary N) is 1. The summed E-state index contributed by atoms with van der Waals surface area (Å²) in [5.74, 6) is 1.90. The molecule has 49 heavy (non-hydrogen) atoms. The van der Waals surface area contributed by atoms with Crippen LogP contribution in [0.25, 0.3) is 0 Å². The highest BCUT2D eigenvalue weighted by Crippen LogP contribution is 2.26. The van der Waals surface area contributed by atoms with Crippen LogP contribution in [0.5, 0.6) is 0 Å². The quantitative estimate of drug-likeness (QED) is 0.0419. The van der Waals surface area contributed by atoms with Crippen molar-refractivity contribution in [2.45, 2.75) is 180 Å². The second-order valence-corrected chi connectivity index (χ2v) is 15.9. The molecule has 0 bridgehead atoms. The molecule has 1 N–H and O–H groups in total. The monoisotopic (exact) mass is 717 g/mol. The van der Waals surface area contributed by atoms with Crippen molar-refractivity contribution in [3.8, 4) is 0 Å². The van der Waals surface area contributed by atoms with Crippen molar-refractivity contribution in [1.82, 2.24) is 9.97 Å². The number of hydrogen-bond acceptors (Lipinski definition) is 5. The molecule has 0 amide bonds. The Labute approximate surface area is 312 Å². The summed E-state index contributed by atoms with van der Waals surface area (Å²) in [6.07, 6.45) is 53.2. The fraction of sp³-hybridized carbons (Fsp3) is 0.744. The highest BCUT2D eigenvalue weighted by molar-refractivity contribution is 8.76. The third-order valence-corrected chi connectivity index (χ3v) is 11.0. The number of ether oxygens (including phenoxy) is 2. The van der Waals surface area contributed by atoms with E-state index in [1.165, 1.54) is 134 Å². The van der Waals surface area contributed by atoms with Gasteiger partial charge >= 0.3 is 0 Å². The molecule has 6 heteroatoms. The third kappa shape index (κ3) is 35.0. The molecule has 0 saturated carbocycles. The average Bonchev–Trinajstić information content (AvgIpc) is 3.64. The van der Waals surface area contributed by atoms with Crippen molar-refractivity contribution in [2.75, 3.05) is 25.6 Å². The molecule has 0 aliphatic rings. The maximum atomic E-state index is 6.33.